The van der Waals surface area contributed by atoms with Crippen molar-refractivity contribution in [1.29, 1.82) is 0 Å². The van der Waals surface area contributed by atoms with Crippen molar-refractivity contribution in [3.8, 4) is 5.69 Å². The molecule has 2 heterocycles. The number of aromatic nitrogens is 4. The van der Waals surface area contributed by atoms with Gasteiger partial charge < -0.3 is 5.73 Å². The zero-order valence-corrected chi connectivity index (χ0v) is 12.0. The van der Waals surface area contributed by atoms with Crippen LogP contribution in [0, 0.1) is 12.8 Å². The SMILES string of the molecule is Cc1ccc(-n2nc(CC(C)C)c3c(N)[nH]nc32)cc1. The van der Waals surface area contributed by atoms with E-state index < -0.39 is 0 Å². The number of aryl methyl sites for hydroxylation is 1. The van der Waals surface area contributed by atoms with Crippen LogP contribution >= 0.6 is 0 Å². The third kappa shape index (κ3) is 2.05. The summed E-state index contributed by atoms with van der Waals surface area (Å²) in [4.78, 5) is 0. The minimum absolute atomic E-state index is 0.522. The third-order valence-electron chi connectivity index (χ3n) is 3.37. The number of aromatic amines is 1. The van der Waals surface area contributed by atoms with Crippen LogP contribution in [0.3, 0.4) is 0 Å². The smallest absolute Gasteiger partial charge is 0.186 e. The maximum atomic E-state index is 6.00. The summed E-state index contributed by atoms with van der Waals surface area (Å²) in [5, 5.41) is 12.8. The Labute approximate surface area is 117 Å². The maximum Gasteiger partial charge on any atom is 0.186 e. The summed E-state index contributed by atoms with van der Waals surface area (Å²) in [5.41, 5.74) is 10.0. The second kappa shape index (κ2) is 4.67. The average molecular weight is 269 g/mol. The molecule has 0 spiro atoms. The van der Waals surface area contributed by atoms with Gasteiger partial charge in [-0.25, -0.2) is 4.68 Å². The molecule has 0 atom stereocenters. The summed E-state index contributed by atoms with van der Waals surface area (Å²) in [6, 6.07) is 8.24. The molecule has 0 aliphatic heterocycles. The van der Waals surface area contributed by atoms with Gasteiger partial charge in [0.25, 0.3) is 0 Å². The Morgan fingerprint density at radius 2 is 1.95 bits per heavy atom. The van der Waals surface area contributed by atoms with E-state index >= 15 is 0 Å². The Morgan fingerprint density at radius 1 is 1.25 bits per heavy atom. The molecular formula is C15H19N5. The van der Waals surface area contributed by atoms with Gasteiger partial charge in [0.15, 0.2) is 5.65 Å². The first-order chi connectivity index (χ1) is 9.56. The van der Waals surface area contributed by atoms with Crippen molar-refractivity contribution < 1.29 is 0 Å². The molecular weight excluding hydrogens is 250 g/mol. The fraction of sp³-hybridized carbons (Fsp3) is 0.333. The summed E-state index contributed by atoms with van der Waals surface area (Å²) >= 11 is 0. The molecule has 5 heteroatoms. The van der Waals surface area contributed by atoms with Gasteiger partial charge in [-0.15, -0.1) is 0 Å². The minimum atomic E-state index is 0.522. The van der Waals surface area contributed by atoms with Crippen molar-refractivity contribution in [3.63, 3.8) is 0 Å². The lowest BCUT2D eigenvalue weighted by Crippen LogP contribution is -2.01. The van der Waals surface area contributed by atoms with E-state index in [1.165, 1.54) is 5.56 Å². The summed E-state index contributed by atoms with van der Waals surface area (Å²) in [6.07, 6.45) is 0.888. The van der Waals surface area contributed by atoms with Crippen molar-refractivity contribution >= 4 is 16.9 Å². The van der Waals surface area contributed by atoms with Crippen LogP contribution in [-0.4, -0.2) is 20.0 Å². The van der Waals surface area contributed by atoms with Gasteiger partial charge >= 0.3 is 0 Å². The van der Waals surface area contributed by atoms with Crippen molar-refractivity contribution in [1.82, 2.24) is 20.0 Å². The quantitative estimate of drug-likeness (QED) is 0.768. The number of rotatable bonds is 3. The first kappa shape index (κ1) is 12.7. The van der Waals surface area contributed by atoms with E-state index in [2.05, 4.69) is 43.1 Å². The van der Waals surface area contributed by atoms with Crippen molar-refractivity contribution in [2.24, 2.45) is 5.92 Å². The van der Waals surface area contributed by atoms with Crippen LogP contribution in [0.2, 0.25) is 0 Å². The zero-order valence-electron chi connectivity index (χ0n) is 12.0. The highest BCUT2D eigenvalue weighted by atomic mass is 15.4. The Bertz CT molecular complexity index is 734. The lowest BCUT2D eigenvalue weighted by atomic mass is 10.1. The second-order valence-electron chi connectivity index (χ2n) is 5.63. The van der Waals surface area contributed by atoms with Gasteiger partial charge in [-0.1, -0.05) is 31.5 Å². The van der Waals surface area contributed by atoms with Gasteiger partial charge in [0.1, 0.15) is 5.82 Å². The highest BCUT2D eigenvalue weighted by Gasteiger charge is 2.18. The van der Waals surface area contributed by atoms with Crippen LogP contribution in [0.25, 0.3) is 16.7 Å². The number of hydrogen-bond donors (Lipinski definition) is 2. The highest BCUT2D eigenvalue weighted by Crippen LogP contribution is 2.26. The molecule has 0 amide bonds. The van der Waals surface area contributed by atoms with Crippen LogP contribution in [0.5, 0.6) is 0 Å². The van der Waals surface area contributed by atoms with E-state index in [0.717, 1.165) is 28.8 Å². The normalized spacial score (nSPS) is 11.6. The minimum Gasteiger partial charge on any atom is -0.383 e. The van der Waals surface area contributed by atoms with Crippen molar-refractivity contribution in [2.45, 2.75) is 27.2 Å². The largest absolute Gasteiger partial charge is 0.383 e. The first-order valence-corrected chi connectivity index (χ1v) is 6.84. The molecule has 104 valence electrons. The Balaban J connectivity index is 2.18. The molecule has 0 fully saturated rings. The maximum absolute atomic E-state index is 6.00. The number of benzene rings is 1. The lowest BCUT2D eigenvalue weighted by Gasteiger charge is -2.03. The number of nitrogens with zero attached hydrogens (tertiary/aromatic N) is 3. The van der Waals surface area contributed by atoms with E-state index in [1.807, 2.05) is 16.8 Å². The molecule has 5 nitrogen and oxygen atoms in total. The summed E-state index contributed by atoms with van der Waals surface area (Å²) in [7, 11) is 0. The third-order valence-corrected chi connectivity index (χ3v) is 3.37. The standard InChI is InChI=1S/C15H19N5/c1-9(2)8-12-13-14(16)17-18-15(13)20(19-12)11-6-4-10(3)5-7-11/h4-7,9H,8H2,1-3H3,(H3,16,17,18). The number of fused-ring (bicyclic) bond motifs is 1. The van der Waals surface area contributed by atoms with Crippen molar-refractivity contribution in [3.05, 3.63) is 35.5 Å². The lowest BCUT2D eigenvalue weighted by molar-refractivity contribution is 0.630. The van der Waals surface area contributed by atoms with Gasteiger partial charge in [0.2, 0.25) is 0 Å². The number of hydrogen-bond acceptors (Lipinski definition) is 3. The van der Waals surface area contributed by atoms with Gasteiger partial charge in [-0.2, -0.15) is 10.2 Å². The molecule has 0 unspecified atom stereocenters. The van der Waals surface area contributed by atoms with E-state index in [-0.39, 0.29) is 0 Å². The zero-order chi connectivity index (χ0) is 14.3. The molecule has 0 saturated heterocycles. The van der Waals surface area contributed by atoms with Gasteiger partial charge in [-0.05, 0) is 31.4 Å². The number of anilines is 1. The van der Waals surface area contributed by atoms with E-state index in [9.17, 15) is 0 Å². The van der Waals surface area contributed by atoms with Crippen LogP contribution in [0.15, 0.2) is 24.3 Å². The number of nitrogens with one attached hydrogen (secondary N) is 1. The van der Waals surface area contributed by atoms with Gasteiger partial charge in [0, 0.05) is 0 Å². The molecule has 0 bridgehead atoms. The molecule has 20 heavy (non-hydrogen) atoms. The fourth-order valence-electron chi connectivity index (χ4n) is 2.40. The van der Waals surface area contributed by atoms with Crippen LogP contribution < -0.4 is 5.73 Å². The molecule has 0 aliphatic carbocycles. The predicted octanol–water partition coefficient (Wildman–Crippen LogP) is 2.84. The van der Waals surface area contributed by atoms with Gasteiger partial charge in [-0.3, -0.25) is 5.10 Å². The van der Waals surface area contributed by atoms with E-state index in [4.69, 9.17) is 10.8 Å². The van der Waals surface area contributed by atoms with E-state index in [1.54, 1.807) is 0 Å². The van der Waals surface area contributed by atoms with Crippen LogP contribution in [-0.2, 0) is 6.42 Å². The molecule has 0 aliphatic rings. The van der Waals surface area contributed by atoms with E-state index in [0.29, 0.717) is 11.7 Å². The molecule has 3 rings (SSSR count). The first-order valence-electron chi connectivity index (χ1n) is 6.84. The molecule has 0 radical (unpaired) electrons. The Morgan fingerprint density at radius 3 is 2.60 bits per heavy atom. The second-order valence-corrected chi connectivity index (χ2v) is 5.63. The number of nitrogens with two attached hydrogens (primary N) is 1. The summed E-state index contributed by atoms with van der Waals surface area (Å²) < 4.78 is 1.86. The predicted molar refractivity (Wildman–Crippen MR) is 80.9 cm³/mol. The summed E-state index contributed by atoms with van der Waals surface area (Å²) in [5.74, 6) is 1.11. The Kier molecular flexibility index (Phi) is 2.97. The Hall–Kier alpha value is -2.30. The molecule has 3 N–H and O–H groups in total. The molecule has 0 saturated carbocycles. The molecule has 3 aromatic rings. The van der Waals surface area contributed by atoms with Crippen LogP contribution in [0.1, 0.15) is 25.1 Å². The number of H-pyrrole nitrogens is 1. The topological polar surface area (TPSA) is 72.5 Å². The summed E-state index contributed by atoms with van der Waals surface area (Å²) in [6.45, 7) is 6.42. The van der Waals surface area contributed by atoms with Gasteiger partial charge in [0.05, 0.1) is 16.8 Å². The van der Waals surface area contributed by atoms with Crippen LogP contribution in [0.4, 0.5) is 5.82 Å². The fourth-order valence-corrected chi connectivity index (χ4v) is 2.40. The number of nitrogen functional groups attached to an aromatic ring is 1. The highest BCUT2D eigenvalue weighted by molar-refractivity contribution is 5.89. The average Bonchev–Trinajstić information content (AvgIpc) is 2.93. The molecule has 1 aromatic carbocycles. The van der Waals surface area contributed by atoms with Crippen molar-refractivity contribution in [2.75, 3.05) is 5.73 Å². The molecule has 2 aromatic heterocycles. The monoisotopic (exact) mass is 269 g/mol.